The highest BCUT2D eigenvalue weighted by molar-refractivity contribution is 4.88. The molecule has 0 saturated heterocycles. The van der Waals surface area contributed by atoms with E-state index in [2.05, 4.69) is 6.92 Å². The largest absolute Gasteiger partial charge is 0.378 e. The highest BCUT2D eigenvalue weighted by Gasteiger charge is 2.37. The molecule has 1 heteroatoms. The molecule has 0 aromatic rings. The van der Waals surface area contributed by atoms with Crippen LogP contribution in [0.25, 0.3) is 0 Å². The molecule has 2 bridgehead atoms. The Kier molecular flexibility index (Phi) is 4.49. The Morgan fingerprint density at radius 2 is 2.00 bits per heavy atom. The van der Waals surface area contributed by atoms with Crippen molar-refractivity contribution in [3.05, 3.63) is 6.92 Å². The Morgan fingerprint density at radius 3 is 2.80 bits per heavy atom. The molecule has 2 aliphatic rings. The van der Waals surface area contributed by atoms with E-state index >= 15 is 0 Å². The summed E-state index contributed by atoms with van der Waals surface area (Å²) in [7, 11) is 0. The molecule has 2 aliphatic carbocycles. The zero-order chi connectivity index (χ0) is 10.5. The topological polar surface area (TPSA) is 9.23 Å². The van der Waals surface area contributed by atoms with Gasteiger partial charge in [0, 0.05) is 6.61 Å². The molecule has 0 aromatic heterocycles. The van der Waals surface area contributed by atoms with Gasteiger partial charge < -0.3 is 4.74 Å². The Balaban J connectivity index is 1.59. The van der Waals surface area contributed by atoms with Crippen molar-refractivity contribution in [1.82, 2.24) is 0 Å². The maximum Gasteiger partial charge on any atom is 0.0606 e. The van der Waals surface area contributed by atoms with Gasteiger partial charge in [-0.15, -0.1) is 0 Å². The van der Waals surface area contributed by atoms with Gasteiger partial charge in [0.05, 0.1) is 6.10 Å². The van der Waals surface area contributed by atoms with Gasteiger partial charge in [-0.2, -0.15) is 0 Å². The van der Waals surface area contributed by atoms with Crippen LogP contribution < -0.4 is 0 Å². The number of hydrogen-bond acceptors (Lipinski definition) is 1. The summed E-state index contributed by atoms with van der Waals surface area (Å²) in [6.45, 7) is 4.86. The van der Waals surface area contributed by atoms with Crippen LogP contribution in [-0.2, 0) is 4.74 Å². The zero-order valence-electron chi connectivity index (χ0n) is 9.92. The van der Waals surface area contributed by atoms with Crippen molar-refractivity contribution in [2.45, 2.75) is 63.9 Å². The van der Waals surface area contributed by atoms with E-state index in [-0.39, 0.29) is 0 Å². The van der Waals surface area contributed by atoms with Gasteiger partial charge >= 0.3 is 0 Å². The molecule has 1 radical (unpaired) electrons. The lowest BCUT2D eigenvalue weighted by Gasteiger charge is -2.21. The van der Waals surface area contributed by atoms with Gasteiger partial charge in [0.1, 0.15) is 0 Å². The summed E-state index contributed by atoms with van der Waals surface area (Å²) >= 11 is 0. The summed E-state index contributed by atoms with van der Waals surface area (Å²) in [6, 6.07) is 0. The second-order valence-corrected chi connectivity index (χ2v) is 5.35. The Bertz CT molecular complexity index is 178. The molecule has 3 unspecified atom stereocenters. The molecule has 0 aliphatic heterocycles. The molecular formula is C14H25O. The second kappa shape index (κ2) is 5.89. The Hall–Kier alpha value is -0.0400. The third kappa shape index (κ3) is 3.21. The summed E-state index contributed by atoms with van der Waals surface area (Å²) < 4.78 is 6.04. The predicted molar refractivity (Wildman–Crippen MR) is 63.6 cm³/mol. The molecule has 0 amide bonds. The minimum atomic E-state index is 0.622. The molecule has 2 fully saturated rings. The van der Waals surface area contributed by atoms with Crippen LogP contribution in [0.5, 0.6) is 0 Å². The molecule has 0 heterocycles. The quantitative estimate of drug-likeness (QED) is 0.601. The fourth-order valence-corrected chi connectivity index (χ4v) is 3.30. The number of rotatable bonds is 6. The fourth-order valence-electron chi connectivity index (χ4n) is 3.30. The van der Waals surface area contributed by atoms with Crippen molar-refractivity contribution in [3.63, 3.8) is 0 Å². The van der Waals surface area contributed by atoms with Gasteiger partial charge in [0.2, 0.25) is 0 Å². The van der Waals surface area contributed by atoms with Gasteiger partial charge in [-0.1, -0.05) is 39.0 Å². The van der Waals surface area contributed by atoms with Crippen LogP contribution in [0.1, 0.15) is 57.8 Å². The summed E-state index contributed by atoms with van der Waals surface area (Å²) in [5.74, 6) is 1.92. The number of hydrogen-bond donors (Lipinski definition) is 0. The van der Waals surface area contributed by atoms with Crippen molar-refractivity contribution in [2.24, 2.45) is 11.8 Å². The summed E-state index contributed by atoms with van der Waals surface area (Å²) in [4.78, 5) is 0. The van der Waals surface area contributed by atoms with Gasteiger partial charge in [-0.05, 0) is 37.5 Å². The Labute approximate surface area is 94.6 Å². The van der Waals surface area contributed by atoms with Crippen LogP contribution in [0.3, 0.4) is 0 Å². The highest BCUT2D eigenvalue weighted by atomic mass is 16.5. The smallest absolute Gasteiger partial charge is 0.0606 e. The van der Waals surface area contributed by atoms with E-state index in [1.54, 1.807) is 0 Å². The first-order valence-corrected chi connectivity index (χ1v) is 6.81. The molecule has 15 heavy (non-hydrogen) atoms. The standard InChI is InChI=1S/C14H25O/c1-2-3-4-5-9-15-14-11-12-7-6-8-13(14)10-12/h12-14H,1-11H2. The average Bonchev–Trinajstić information content (AvgIpc) is 2.53. The van der Waals surface area contributed by atoms with Crippen LogP contribution in [0.15, 0.2) is 0 Å². The van der Waals surface area contributed by atoms with Crippen LogP contribution in [0.2, 0.25) is 0 Å². The molecule has 0 N–H and O–H groups in total. The van der Waals surface area contributed by atoms with E-state index in [1.807, 2.05) is 0 Å². The van der Waals surface area contributed by atoms with Crippen LogP contribution in [-0.4, -0.2) is 12.7 Å². The fraction of sp³-hybridized carbons (Fsp3) is 0.929. The first-order valence-electron chi connectivity index (χ1n) is 6.81. The summed E-state index contributed by atoms with van der Waals surface area (Å²) in [5, 5.41) is 0. The molecule has 2 saturated carbocycles. The third-order valence-corrected chi connectivity index (χ3v) is 4.14. The maximum atomic E-state index is 6.04. The molecule has 2 rings (SSSR count). The van der Waals surface area contributed by atoms with Gasteiger partial charge in [0.15, 0.2) is 0 Å². The lowest BCUT2D eigenvalue weighted by atomic mass is 9.89. The van der Waals surface area contributed by atoms with Crippen LogP contribution in [0, 0.1) is 18.8 Å². The van der Waals surface area contributed by atoms with Crippen molar-refractivity contribution in [3.8, 4) is 0 Å². The minimum absolute atomic E-state index is 0.622. The summed E-state index contributed by atoms with van der Waals surface area (Å²) in [5.41, 5.74) is 0. The van der Waals surface area contributed by atoms with E-state index in [1.165, 1.54) is 51.4 Å². The van der Waals surface area contributed by atoms with E-state index in [4.69, 9.17) is 4.74 Å². The van der Waals surface area contributed by atoms with Gasteiger partial charge in [-0.3, -0.25) is 0 Å². The van der Waals surface area contributed by atoms with Crippen LogP contribution in [0.4, 0.5) is 0 Å². The van der Waals surface area contributed by atoms with E-state index in [0.717, 1.165) is 24.9 Å². The first kappa shape index (κ1) is 11.4. The van der Waals surface area contributed by atoms with Crippen molar-refractivity contribution < 1.29 is 4.74 Å². The molecule has 0 spiro atoms. The predicted octanol–water partition coefficient (Wildman–Crippen LogP) is 3.98. The maximum absolute atomic E-state index is 6.04. The van der Waals surface area contributed by atoms with Crippen molar-refractivity contribution in [1.29, 1.82) is 0 Å². The molecular weight excluding hydrogens is 184 g/mol. The van der Waals surface area contributed by atoms with E-state index < -0.39 is 0 Å². The minimum Gasteiger partial charge on any atom is -0.378 e. The Morgan fingerprint density at radius 1 is 1.07 bits per heavy atom. The van der Waals surface area contributed by atoms with Crippen molar-refractivity contribution in [2.75, 3.05) is 6.61 Å². The average molecular weight is 209 g/mol. The monoisotopic (exact) mass is 209 g/mol. The van der Waals surface area contributed by atoms with Gasteiger partial charge in [0.25, 0.3) is 0 Å². The summed E-state index contributed by atoms with van der Waals surface area (Å²) in [6.07, 6.45) is 12.7. The van der Waals surface area contributed by atoms with Gasteiger partial charge in [-0.25, -0.2) is 0 Å². The van der Waals surface area contributed by atoms with E-state index in [0.29, 0.717) is 6.10 Å². The highest BCUT2D eigenvalue weighted by Crippen LogP contribution is 2.43. The molecule has 87 valence electrons. The van der Waals surface area contributed by atoms with E-state index in [9.17, 15) is 0 Å². The second-order valence-electron chi connectivity index (χ2n) is 5.35. The lowest BCUT2D eigenvalue weighted by Crippen LogP contribution is -2.18. The van der Waals surface area contributed by atoms with Crippen molar-refractivity contribution >= 4 is 0 Å². The molecule has 1 nitrogen and oxygen atoms in total. The number of unbranched alkanes of at least 4 members (excludes halogenated alkanes) is 3. The first-order chi connectivity index (χ1) is 7.40. The molecule has 0 aromatic carbocycles. The third-order valence-electron chi connectivity index (χ3n) is 4.14. The number of fused-ring (bicyclic) bond motifs is 2. The number of ether oxygens (including phenoxy) is 1. The normalized spacial score (nSPS) is 34.6. The lowest BCUT2D eigenvalue weighted by molar-refractivity contribution is 0.0244. The SMILES string of the molecule is [CH2]CCCCCOC1CC2CCCC1C2. The van der Waals surface area contributed by atoms with Crippen LogP contribution >= 0.6 is 0 Å². The zero-order valence-corrected chi connectivity index (χ0v) is 9.92. The molecule has 3 atom stereocenters.